The number of sulfonamides is 1. The van der Waals surface area contributed by atoms with E-state index in [9.17, 15) is 13.2 Å². The third kappa shape index (κ3) is 4.61. The normalized spacial score (nSPS) is 21.5. The molecule has 2 aromatic carbocycles. The van der Waals surface area contributed by atoms with Crippen molar-refractivity contribution in [1.82, 2.24) is 4.31 Å². The Labute approximate surface area is 197 Å². The van der Waals surface area contributed by atoms with E-state index in [1.54, 1.807) is 28.6 Å². The molecule has 2 atom stereocenters. The van der Waals surface area contributed by atoms with Gasteiger partial charge in [0.15, 0.2) is 0 Å². The number of benzene rings is 2. The van der Waals surface area contributed by atoms with Crippen LogP contribution in [-0.2, 0) is 14.8 Å². The second kappa shape index (κ2) is 9.07. The van der Waals surface area contributed by atoms with Crippen molar-refractivity contribution < 1.29 is 17.9 Å². The third-order valence-corrected chi connectivity index (χ3v) is 8.58. The van der Waals surface area contributed by atoms with Gasteiger partial charge in [0.25, 0.3) is 0 Å². The number of carbonyl (C=O) groups is 1. The molecule has 0 saturated carbocycles. The molecule has 0 spiro atoms. The summed E-state index contributed by atoms with van der Waals surface area (Å²) >= 11 is 2.30. The largest absolute Gasteiger partial charge is 0.491 e. The molecule has 8 heteroatoms. The molecule has 6 nitrogen and oxygen atoms in total. The number of hydrogen-bond donors (Lipinski definition) is 0. The highest BCUT2D eigenvalue weighted by atomic mass is 127. The molecule has 0 radical (unpaired) electrons. The summed E-state index contributed by atoms with van der Waals surface area (Å²) < 4.78 is 34.8. The predicted molar refractivity (Wildman–Crippen MR) is 129 cm³/mol. The van der Waals surface area contributed by atoms with E-state index in [2.05, 4.69) is 45.7 Å². The highest BCUT2D eigenvalue weighted by Crippen LogP contribution is 2.44. The van der Waals surface area contributed by atoms with Crippen LogP contribution in [0.25, 0.3) is 0 Å². The van der Waals surface area contributed by atoms with Gasteiger partial charge in [-0.25, -0.2) is 8.42 Å². The molecule has 2 heterocycles. The SMILES string of the molecule is CC(C)Oc1ccc(S(=O)(=O)N2CC[C@H](C3CN(CC=O)c4ccc(I)cc43)C2)cc1. The molecule has 31 heavy (non-hydrogen) atoms. The lowest BCUT2D eigenvalue weighted by Crippen LogP contribution is -2.31. The first-order valence-corrected chi connectivity index (χ1v) is 13.1. The van der Waals surface area contributed by atoms with Crippen LogP contribution in [-0.4, -0.2) is 51.3 Å². The zero-order chi connectivity index (χ0) is 22.2. The van der Waals surface area contributed by atoms with Gasteiger partial charge in [-0.3, -0.25) is 0 Å². The minimum Gasteiger partial charge on any atom is -0.491 e. The molecule has 166 valence electrons. The maximum atomic E-state index is 13.2. The van der Waals surface area contributed by atoms with Gasteiger partial charge in [0, 0.05) is 34.8 Å². The number of halogens is 1. The Morgan fingerprint density at radius 3 is 2.58 bits per heavy atom. The first-order chi connectivity index (χ1) is 14.8. The highest BCUT2D eigenvalue weighted by molar-refractivity contribution is 14.1. The number of aldehydes is 1. The van der Waals surface area contributed by atoms with Gasteiger partial charge < -0.3 is 14.4 Å². The summed E-state index contributed by atoms with van der Waals surface area (Å²) in [5, 5.41) is 0. The van der Waals surface area contributed by atoms with Crippen LogP contribution in [0.3, 0.4) is 0 Å². The van der Waals surface area contributed by atoms with Crippen molar-refractivity contribution >= 4 is 44.6 Å². The van der Waals surface area contributed by atoms with Gasteiger partial charge in [0.1, 0.15) is 12.0 Å². The Bertz CT molecular complexity index is 1060. The van der Waals surface area contributed by atoms with E-state index in [1.807, 2.05) is 13.8 Å². The zero-order valence-corrected chi connectivity index (χ0v) is 20.7. The second-order valence-electron chi connectivity index (χ2n) is 8.43. The Kier molecular flexibility index (Phi) is 6.60. The molecule has 2 aliphatic rings. The van der Waals surface area contributed by atoms with Crippen LogP contribution in [0.2, 0.25) is 0 Å². The smallest absolute Gasteiger partial charge is 0.243 e. The van der Waals surface area contributed by atoms with E-state index in [-0.39, 0.29) is 17.9 Å². The minimum atomic E-state index is -3.55. The molecule has 0 N–H and O–H groups in total. The molecule has 2 aliphatic heterocycles. The predicted octanol–water partition coefficient (Wildman–Crippen LogP) is 3.89. The lowest BCUT2D eigenvalue weighted by Gasteiger charge is -2.21. The quantitative estimate of drug-likeness (QED) is 0.384. The lowest BCUT2D eigenvalue weighted by atomic mass is 9.87. The molecule has 1 saturated heterocycles. The summed E-state index contributed by atoms with van der Waals surface area (Å²) in [7, 11) is -3.55. The third-order valence-electron chi connectivity index (χ3n) is 6.03. The van der Waals surface area contributed by atoms with E-state index >= 15 is 0 Å². The summed E-state index contributed by atoms with van der Waals surface area (Å²) in [6.45, 7) is 6.01. The van der Waals surface area contributed by atoms with Crippen LogP contribution in [0.4, 0.5) is 5.69 Å². The van der Waals surface area contributed by atoms with Crippen molar-refractivity contribution in [1.29, 1.82) is 0 Å². The average molecular weight is 554 g/mol. The minimum absolute atomic E-state index is 0.0397. The van der Waals surface area contributed by atoms with E-state index in [0.29, 0.717) is 30.3 Å². The fourth-order valence-electron chi connectivity index (χ4n) is 4.62. The van der Waals surface area contributed by atoms with Crippen LogP contribution < -0.4 is 9.64 Å². The molecule has 0 aliphatic carbocycles. The van der Waals surface area contributed by atoms with Crippen LogP contribution in [0.1, 0.15) is 31.7 Å². The van der Waals surface area contributed by atoms with Crippen molar-refractivity contribution in [2.24, 2.45) is 5.92 Å². The molecule has 0 aromatic heterocycles. The second-order valence-corrected chi connectivity index (χ2v) is 11.6. The van der Waals surface area contributed by atoms with Crippen LogP contribution in [0.15, 0.2) is 47.4 Å². The monoisotopic (exact) mass is 554 g/mol. The van der Waals surface area contributed by atoms with Gasteiger partial charge in [0.2, 0.25) is 10.0 Å². The fraction of sp³-hybridized carbons (Fsp3) is 0.435. The van der Waals surface area contributed by atoms with Gasteiger partial charge >= 0.3 is 0 Å². The van der Waals surface area contributed by atoms with Crippen LogP contribution in [0, 0.1) is 9.49 Å². The zero-order valence-electron chi connectivity index (χ0n) is 17.7. The van der Waals surface area contributed by atoms with Gasteiger partial charge in [-0.1, -0.05) is 0 Å². The number of hydrogen-bond acceptors (Lipinski definition) is 5. The van der Waals surface area contributed by atoms with E-state index in [1.165, 1.54) is 5.56 Å². The number of rotatable bonds is 7. The van der Waals surface area contributed by atoms with Gasteiger partial charge in [-0.15, -0.1) is 0 Å². The van der Waals surface area contributed by atoms with Crippen molar-refractivity contribution in [3.05, 3.63) is 51.6 Å². The summed E-state index contributed by atoms with van der Waals surface area (Å²) in [4.78, 5) is 13.6. The van der Waals surface area contributed by atoms with E-state index in [0.717, 1.165) is 28.5 Å². The van der Waals surface area contributed by atoms with Crippen molar-refractivity contribution in [3.63, 3.8) is 0 Å². The number of fused-ring (bicyclic) bond motifs is 1. The molecular formula is C23H27IN2O4S. The Hall–Kier alpha value is -1.65. The molecule has 2 aromatic rings. The van der Waals surface area contributed by atoms with Crippen LogP contribution >= 0.6 is 22.6 Å². The summed E-state index contributed by atoms with van der Waals surface area (Å²) in [5.41, 5.74) is 2.33. The Morgan fingerprint density at radius 1 is 1.16 bits per heavy atom. The molecular weight excluding hydrogens is 527 g/mol. The topological polar surface area (TPSA) is 66.9 Å². The molecule has 4 rings (SSSR count). The molecule has 1 unspecified atom stereocenters. The van der Waals surface area contributed by atoms with Gasteiger partial charge in [-0.05, 0) is 96.8 Å². The first kappa shape index (κ1) is 22.5. The lowest BCUT2D eigenvalue weighted by molar-refractivity contribution is -0.106. The maximum absolute atomic E-state index is 13.2. The standard InChI is InChI=1S/C23H27IN2O4S/c1-16(2)30-19-4-6-20(7-5-19)31(28,29)26-10-9-17(14-26)22-15-25(11-12-27)23-8-3-18(24)13-21(22)23/h3-8,12-13,16-17,22H,9-11,14-15H2,1-2H3/t17-,22?/m0/s1. The van der Waals surface area contributed by atoms with Crippen LogP contribution in [0.5, 0.6) is 5.75 Å². The number of anilines is 1. The molecule has 1 fully saturated rings. The van der Waals surface area contributed by atoms with Gasteiger partial charge in [-0.2, -0.15) is 4.31 Å². The van der Waals surface area contributed by atoms with E-state index < -0.39 is 10.0 Å². The number of carbonyl (C=O) groups excluding carboxylic acids is 1. The van der Waals surface area contributed by atoms with E-state index in [4.69, 9.17) is 4.74 Å². The number of ether oxygens (including phenoxy) is 1. The molecule has 0 bridgehead atoms. The van der Waals surface area contributed by atoms with Crippen molar-refractivity contribution in [3.8, 4) is 5.75 Å². The molecule has 0 amide bonds. The first-order valence-electron chi connectivity index (χ1n) is 10.5. The Balaban J connectivity index is 1.52. The summed E-state index contributed by atoms with van der Waals surface area (Å²) in [6.07, 6.45) is 1.79. The maximum Gasteiger partial charge on any atom is 0.243 e. The van der Waals surface area contributed by atoms with Gasteiger partial charge in [0.05, 0.1) is 17.5 Å². The Morgan fingerprint density at radius 2 is 1.90 bits per heavy atom. The fourth-order valence-corrected chi connectivity index (χ4v) is 6.65. The van der Waals surface area contributed by atoms with Crippen molar-refractivity contribution in [2.45, 2.75) is 37.2 Å². The summed E-state index contributed by atoms with van der Waals surface area (Å²) in [5.74, 6) is 1.12. The number of nitrogens with zero attached hydrogens (tertiary/aromatic N) is 2. The summed E-state index contributed by atoms with van der Waals surface area (Å²) in [6, 6.07) is 13.0. The highest BCUT2D eigenvalue weighted by Gasteiger charge is 2.40. The van der Waals surface area contributed by atoms with Crippen molar-refractivity contribution in [2.75, 3.05) is 31.1 Å². The average Bonchev–Trinajstić information content (AvgIpc) is 3.34.